The summed E-state index contributed by atoms with van der Waals surface area (Å²) in [4.78, 5) is 26.8. The number of nitro benzene ring substituents is 1. The van der Waals surface area contributed by atoms with E-state index in [1.807, 2.05) is 0 Å². The molecule has 0 bridgehead atoms. The number of methoxy groups -OCH3 is 3. The van der Waals surface area contributed by atoms with Crippen molar-refractivity contribution in [3.8, 4) is 28.6 Å². The number of benzene rings is 2. The average molecular weight is 449 g/mol. The molecule has 0 aliphatic rings. The molecule has 0 saturated carbocycles. The van der Waals surface area contributed by atoms with Gasteiger partial charge in [-0.3, -0.25) is 14.9 Å². The van der Waals surface area contributed by atoms with Crippen LogP contribution in [0.3, 0.4) is 0 Å². The molecule has 162 valence electrons. The Kier molecular flexibility index (Phi) is 6.55. The standard InChI is InChI=1S/C19H17ClN4O7/c1-28-14-6-10(7-15(29-2)17(14)30-3)18-22-16(31-23-18)9-21-19(25)12-5-4-11(24(26)27)8-13(12)20/h4-8H,9H2,1-3H3,(H,21,25). The van der Waals surface area contributed by atoms with Gasteiger partial charge in [0.05, 0.1) is 43.4 Å². The van der Waals surface area contributed by atoms with Crippen molar-refractivity contribution in [2.45, 2.75) is 6.54 Å². The molecule has 3 rings (SSSR count). The van der Waals surface area contributed by atoms with Crippen molar-refractivity contribution >= 4 is 23.2 Å². The van der Waals surface area contributed by atoms with Gasteiger partial charge in [0.1, 0.15) is 0 Å². The van der Waals surface area contributed by atoms with Crippen molar-refractivity contribution in [2.75, 3.05) is 21.3 Å². The fraction of sp³-hybridized carbons (Fsp3) is 0.211. The van der Waals surface area contributed by atoms with E-state index in [0.29, 0.717) is 22.8 Å². The predicted octanol–water partition coefficient (Wildman–Crippen LogP) is 3.25. The monoisotopic (exact) mass is 448 g/mol. The fourth-order valence-electron chi connectivity index (χ4n) is 2.71. The molecule has 0 radical (unpaired) electrons. The number of aromatic nitrogens is 2. The average Bonchev–Trinajstić information content (AvgIpc) is 3.25. The maximum atomic E-state index is 12.3. The molecule has 1 heterocycles. The van der Waals surface area contributed by atoms with E-state index in [4.69, 9.17) is 30.3 Å². The molecular weight excluding hydrogens is 432 g/mol. The van der Waals surface area contributed by atoms with Crippen LogP contribution >= 0.6 is 11.6 Å². The zero-order valence-corrected chi connectivity index (χ0v) is 17.4. The van der Waals surface area contributed by atoms with Gasteiger partial charge in [-0.2, -0.15) is 4.98 Å². The number of ether oxygens (including phenoxy) is 3. The molecule has 3 aromatic rings. The van der Waals surface area contributed by atoms with E-state index in [1.165, 1.54) is 33.5 Å². The van der Waals surface area contributed by atoms with Crippen molar-refractivity contribution in [2.24, 2.45) is 0 Å². The number of hydrogen-bond donors (Lipinski definition) is 1. The van der Waals surface area contributed by atoms with Gasteiger partial charge in [-0.15, -0.1) is 0 Å². The van der Waals surface area contributed by atoms with E-state index in [2.05, 4.69) is 15.5 Å². The number of nitrogens with one attached hydrogen (secondary N) is 1. The van der Waals surface area contributed by atoms with Crippen LogP contribution in [0.15, 0.2) is 34.9 Å². The van der Waals surface area contributed by atoms with Gasteiger partial charge in [0.25, 0.3) is 11.6 Å². The van der Waals surface area contributed by atoms with Crippen LogP contribution in [0, 0.1) is 10.1 Å². The van der Waals surface area contributed by atoms with Gasteiger partial charge >= 0.3 is 0 Å². The molecule has 2 aromatic carbocycles. The van der Waals surface area contributed by atoms with E-state index in [9.17, 15) is 14.9 Å². The first-order chi connectivity index (χ1) is 14.9. The molecule has 0 atom stereocenters. The zero-order valence-electron chi connectivity index (χ0n) is 16.7. The maximum absolute atomic E-state index is 12.3. The molecule has 0 saturated heterocycles. The number of halogens is 1. The third-order valence-corrected chi connectivity index (χ3v) is 4.51. The highest BCUT2D eigenvalue weighted by Gasteiger charge is 2.19. The van der Waals surface area contributed by atoms with E-state index < -0.39 is 10.8 Å². The van der Waals surface area contributed by atoms with Crippen LogP contribution in [0.1, 0.15) is 16.2 Å². The second-order valence-electron chi connectivity index (χ2n) is 6.03. The molecule has 1 N–H and O–H groups in total. The molecule has 12 heteroatoms. The number of nitrogens with zero attached hydrogens (tertiary/aromatic N) is 3. The van der Waals surface area contributed by atoms with Crippen LogP contribution in [0.25, 0.3) is 11.4 Å². The van der Waals surface area contributed by atoms with Crippen molar-refractivity contribution in [1.29, 1.82) is 0 Å². The Labute approximate surface area is 181 Å². The summed E-state index contributed by atoms with van der Waals surface area (Å²) in [6, 6.07) is 6.88. The van der Waals surface area contributed by atoms with E-state index >= 15 is 0 Å². The Hall–Kier alpha value is -3.86. The van der Waals surface area contributed by atoms with Crippen LogP contribution in [-0.2, 0) is 6.54 Å². The zero-order chi connectivity index (χ0) is 22.5. The van der Waals surface area contributed by atoms with Crippen LogP contribution < -0.4 is 19.5 Å². The second kappa shape index (κ2) is 9.30. The summed E-state index contributed by atoms with van der Waals surface area (Å²) in [5, 5.41) is 17.2. The van der Waals surface area contributed by atoms with E-state index in [1.54, 1.807) is 12.1 Å². The Morgan fingerprint density at radius 2 is 1.84 bits per heavy atom. The topological polar surface area (TPSA) is 139 Å². The van der Waals surface area contributed by atoms with Crippen LogP contribution in [-0.4, -0.2) is 42.3 Å². The van der Waals surface area contributed by atoms with Gasteiger partial charge in [0, 0.05) is 17.7 Å². The third kappa shape index (κ3) is 4.67. The molecule has 1 amide bonds. The summed E-state index contributed by atoms with van der Waals surface area (Å²) in [5.74, 6) is 1.10. The van der Waals surface area contributed by atoms with Crippen LogP contribution in [0.4, 0.5) is 5.69 Å². The van der Waals surface area contributed by atoms with Crippen molar-refractivity contribution in [3.05, 3.63) is 56.9 Å². The van der Waals surface area contributed by atoms with Gasteiger partial charge < -0.3 is 24.1 Å². The fourth-order valence-corrected chi connectivity index (χ4v) is 2.97. The summed E-state index contributed by atoms with van der Waals surface area (Å²) >= 11 is 5.97. The minimum absolute atomic E-state index is 0.0460. The third-order valence-electron chi connectivity index (χ3n) is 4.20. The summed E-state index contributed by atoms with van der Waals surface area (Å²) in [5.41, 5.74) is 0.416. The first kappa shape index (κ1) is 21.8. The molecule has 11 nitrogen and oxygen atoms in total. The number of amides is 1. The normalized spacial score (nSPS) is 10.5. The van der Waals surface area contributed by atoms with Gasteiger partial charge in [-0.1, -0.05) is 16.8 Å². The smallest absolute Gasteiger partial charge is 0.270 e. The van der Waals surface area contributed by atoms with Crippen molar-refractivity contribution in [3.63, 3.8) is 0 Å². The Morgan fingerprint density at radius 1 is 1.16 bits per heavy atom. The molecule has 0 unspecified atom stereocenters. The molecule has 0 aliphatic heterocycles. The van der Waals surface area contributed by atoms with E-state index in [0.717, 1.165) is 6.07 Å². The Morgan fingerprint density at radius 3 is 2.39 bits per heavy atom. The number of carbonyl (C=O) groups is 1. The molecule has 0 spiro atoms. The molecule has 0 fully saturated rings. The lowest BCUT2D eigenvalue weighted by molar-refractivity contribution is -0.384. The quantitative estimate of drug-likeness (QED) is 0.406. The van der Waals surface area contributed by atoms with Crippen LogP contribution in [0.5, 0.6) is 17.2 Å². The molecule has 0 aliphatic carbocycles. The van der Waals surface area contributed by atoms with Gasteiger partial charge in [-0.25, -0.2) is 0 Å². The highest BCUT2D eigenvalue weighted by atomic mass is 35.5. The Balaban J connectivity index is 1.75. The minimum atomic E-state index is -0.601. The molecular formula is C19H17ClN4O7. The van der Waals surface area contributed by atoms with E-state index in [-0.39, 0.29) is 34.5 Å². The summed E-state index contributed by atoms with van der Waals surface area (Å²) < 4.78 is 21.1. The first-order valence-corrected chi connectivity index (χ1v) is 9.10. The van der Waals surface area contributed by atoms with Gasteiger partial charge in [0.2, 0.25) is 17.5 Å². The molecule has 31 heavy (non-hydrogen) atoms. The number of non-ortho nitro benzene ring substituents is 1. The predicted molar refractivity (Wildman–Crippen MR) is 109 cm³/mol. The lowest BCUT2D eigenvalue weighted by atomic mass is 10.1. The van der Waals surface area contributed by atoms with Crippen molar-refractivity contribution < 1.29 is 28.5 Å². The number of hydrogen-bond acceptors (Lipinski definition) is 9. The molecule has 1 aromatic heterocycles. The number of carbonyl (C=O) groups excluding carboxylic acids is 1. The van der Waals surface area contributed by atoms with Gasteiger partial charge in [-0.05, 0) is 18.2 Å². The summed E-state index contributed by atoms with van der Waals surface area (Å²) in [7, 11) is 4.47. The lowest BCUT2D eigenvalue weighted by Crippen LogP contribution is -2.23. The lowest BCUT2D eigenvalue weighted by Gasteiger charge is -2.12. The summed E-state index contributed by atoms with van der Waals surface area (Å²) in [6.07, 6.45) is 0. The highest BCUT2D eigenvalue weighted by molar-refractivity contribution is 6.34. The Bertz CT molecular complexity index is 1110. The number of nitro groups is 1. The van der Waals surface area contributed by atoms with Crippen LogP contribution in [0.2, 0.25) is 5.02 Å². The largest absolute Gasteiger partial charge is 0.493 e. The van der Waals surface area contributed by atoms with Crippen molar-refractivity contribution in [1.82, 2.24) is 15.5 Å². The highest BCUT2D eigenvalue weighted by Crippen LogP contribution is 2.40. The first-order valence-electron chi connectivity index (χ1n) is 8.73. The second-order valence-corrected chi connectivity index (χ2v) is 6.44. The van der Waals surface area contributed by atoms with Gasteiger partial charge in [0.15, 0.2) is 11.5 Å². The minimum Gasteiger partial charge on any atom is -0.493 e. The maximum Gasteiger partial charge on any atom is 0.270 e. The number of rotatable bonds is 8. The summed E-state index contributed by atoms with van der Waals surface area (Å²) in [6.45, 7) is -0.0798. The SMILES string of the molecule is COc1cc(-c2noc(CNC(=O)c3ccc([N+](=O)[O-])cc3Cl)n2)cc(OC)c1OC.